The third kappa shape index (κ3) is 7.79. The van der Waals surface area contributed by atoms with Crippen molar-refractivity contribution in [1.29, 1.82) is 0 Å². The molecule has 7 heteroatoms. The van der Waals surface area contributed by atoms with E-state index in [1.54, 1.807) is 45.0 Å². The van der Waals surface area contributed by atoms with E-state index in [-0.39, 0.29) is 12.2 Å². The first-order valence-corrected chi connectivity index (χ1v) is 9.75. The molecule has 0 fully saturated rings. The first kappa shape index (κ1) is 20.4. The van der Waals surface area contributed by atoms with Crippen molar-refractivity contribution in [1.82, 2.24) is 4.72 Å². The molecule has 1 rings (SSSR count). The summed E-state index contributed by atoms with van der Waals surface area (Å²) in [4.78, 5) is 12.4. The summed E-state index contributed by atoms with van der Waals surface area (Å²) in [5, 5.41) is 0. The van der Waals surface area contributed by atoms with Gasteiger partial charge in [-0.25, -0.2) is 13.1 Å². The zero-order chi connectivity index (χ0) is 18.4. The van der Waals surface area contributed by atoms with Gasteiger partial charge in [0.2, 0.25) is 10.0 Å². The summed E-state index contributed by atoms with van der Waals surface area (Å²) >= 11 is 0. The van der Waals surface area contributed by atoms with Gasteiger partial charge in [-0.05, 0) is 51.3 Å². The van der Waals surface area contributed by atoms with E-state index < -0.39 is 27.6 Å². The minimum Gasteiger partial charge on any atom is -0.459 e. The number of nitrogens with two attached hydrogens (primary N) is 1. The lowest BCUT2D eigenvalue weighted by molar-refractivity contribution is -0.156. The number of hydrogen-bond acceptors (Lipinski definition) is 5. The Bertz CT molecular complexity index is 634. The minimum absolute atomic E-state index is 0.00939. The van der Waals surface area contributed by atoms with Crippen LogP contribution in [0.4, 0.5) is 5.69 Å². The monoisotopic (exact) mass is 356 g/mol. The van der Waals surface area contributed by atoms with E-state index in [2.05, 4.69) is 4.72 Å². The van der Waals surface area contributed by atoms with Gasteiger partial charge < -0.3 is 10.5 Å². The Morgan fingerprint density at radius 3 is 2.33 bits per heavy atom. The molecular weight excluding hydrogens is 328 g/mol. The molecule has 3 N–H and O–H groups in total. The average molecular weight is 356 g/mol. The van der Waals surface area contributed by atoms with Crippen LogP contribution in [-0.4, -0.2) is 31.8 Å². The summed E-state index contributed by atoms with van der Waals surface area (Å²) in [6, 6.07) is 6.01. The van der Waals surface area contributed by atoms with Gasteiger partial charge in [-0.3, -0.25) is 4.79 Å². The van der Waals surface area contributed by atoms with Crippen molar-refractivity contribution in [2.45, 2.75) is 58.6 Å². The molecule has 0 saturated heterocycles. The Morgan fingerprint density at radius 1 is 1.25 bits per heavy atom. The average Bonchev–Trinajstić information content (AvgIpc) is 2.45. The minimum atomic E-state index is -3.55. The van der Waals surface area contributed by atoms with Crippen LogP contribution < -0.4 is 10.5 Å². The molecule has 136 valence electrons. The van der Waals surface area contributed by atoms with Gasteiger partial charge in [0.05, 0.1) is 5.75 Å². The fraction of sp³-hybridized carbons (Fsp3) is 0.588. The standard InChI is InChI=1S/C17H28N2O4S/c1-5-6-11-24(21,22)19-15(16(20)23-17(2,3)4)12-13-7-9-14(18)10-8-13/h7-10,15,19H,5-6,11-12,18H2,1-4H3/t15-/m0/s1. The third-order valence-electron chi connectivity index (χ3n) is 3.20. The first-order chi connectivity index (χ1) is 11.0. The number of sulfonamides is 1. The first-order valence-electron chi connectivity index (χ1n) is 8.09. The normalized spacial score (nSPS) is 13.5. The van der Waals surface area contributed by atoms with Gasteiger partial charge in [-0.1, -0.05) is 25.5 Å². The number of hydrogen-bond donors (Lipinski definition) is 2. The molecule has 0 amide bonds. The number of carbonyl (C=O) groups is 1. The number of anilines is 1. The van der Waals surface area contributed by atoms with Crippen LogP contribution >= 0.6 is 0 Å². The van der Waals surface area contributed by atoms with E-state index in [4.69, 9.17) is 10.5 Å². The van der Waals surface area contributed by atoms with Crippen LogP contribution in [0, 0.1) is 0 Å². The Hall–Kier alpha value is -1.60. The van der Waals surface area contributed by atoms with Crippen molar-refractivity contribution in [3.63, 3.8) is 0 Å². The molecule has 0 unspecified atom stereocenters. The van der Waals surface area contributed by atoms with E-state index in [0.29, 0.717) is 12.1 Å². The van der Waals surface area contributed by atoms with Gasteiger partial charge in [0.25, 0.3) is 0 Å². The van der Waals surface area contributed by atoms with E-state index in [9.17, 15) is 13.2 Å². The van der Waals surface area contributed by atoms with Crippen molar-refractivity contribution >= 4 is 21.7 Å². The summed E-state index contributed by atoms with van der Waals surface area (Å²) in [6.45, 7) is 7.15. The zero-order valence-corrected chi connectivity index (χ0v) is 15.7. The number of esters is 1. The highest BCUT2D eigenvalue weighted by Crippen LogP contribution is 2.14. The number of nitrogens with one attached hydrogen (secondary N) is 1. The van der Waals surface area contributed by atoms with Crippen molar-refractivity contribution < 1.29 is 17.9 Å². The van der Waals surface area contributed by atoms with Crippen LogP contribution in [-0.2, 0) is 26.0 Å². The molecule has 0 aliphatic heterocycles. The Morgan fingerprint density at radius 2 is 1.83 bits per heavy atom. The predicted molar refractivity (Wildman–Crippen MR) is 96.0 cm³/mol. The van der Waals surface area contributed by atoms with Gasteiger partial charge >= 0.3 is 5.97 Å². The van der Waals surface area contributed by atoms with Crippen molar-refractivity contribution in [2.75, 3.05) is 11.5 Å². The summed E-state index contributed by atoms with van der Waals surface area (Å²) in [7, 11) is -3.55. The number of carbonyl (C=O) groups excluding carboxylic acids is 1. The van der Waals surface area contributed by atoms with Crippen LogP contribution in [0.25, 0.3) is 0 Å². The summed E-state index contributed by atoms with van der Waals surface area (Å²) in [5.74, 6) is -0.593. The van der Waals surface area contributed by atoms with Crippen molar-refractivity contribution in [3.05, 3.63) is 29.8 Å². The van der Waals surface area contributed by atoms with E-state index >= 15 is 0 Å². The van der Waals surface area contributed by atoms with Crippen LogP contribution in [0.5, 0.6) is 0 Å². The molecule has 0 heterocycles. The largest absolute Gasteiger partial charge is 0.459 e. The Kier molecular flexibility index (Phi) is 7.23. The van der Waals surface area contributed by atoms with Gasteiger partial charge in [0.15, 0.2) is 0 Å². The molecule has 6 nitrogen and oxygen atoms in total. The number of rotatable bonds is 8. The highest BCUT2D eigenvalue weighted by atomic mass is 32.2. The number of nitrogen functional groups attached to an aromatic ring is 1. The van der Waals surface area contributed by atoms with E-state index in [1.807, 2.05) is 6.92 Å². The Balaban J connectivity index is 2.94. The molecular formula is C17H28N2O4S. The van der Waals surface area contributed by atoms with Crippen molar-refractivity contribution in [2.24, 2.45) is 0 Å². The van der Waals surface area contributed by atoms with Gasteiger partial charge in [0.1, 0.15) is 11.6 Å². The summed E-state index contributed by atoms with van der Waals surface area (Å²) < 4.78 is 32.2. The number of ether oxygens (including phenoxy) is 1. The molecule has 1 atom stereocenters. The van der Waals surface area contributed by atoms with E-state index in [0.717, 1.165) is 12.0 Å². The SMILES string of the molecule is CCCCS(=O)(=O)N[C@@H](Cc1ccc(N)cc1)C(=O)OC(C)(C)C. The maximum Gasteiger partial charge on any atom is 0.325 e. The molecule has 0 aliphatic rings. The molecule has 1 aromatic rings. The topological polar surface area (TPSA) is 98.5 Å². The summed E-state index contributed by atoms with van der Waals surface area (Å²) in [6.07, 6.45) is 1.51. The molecule has 0 spiro atoms. The fourth-order valence-electron chi connectivity index (χ4n) is 2.05. The lowest BCUT2D eigenvalue weighted by Gasteiger charge is -2.24. The molecule has 0 aromatic heterocycles. The Labute approximate surface area is 144 Å². The van der Waals surface area contributed by atoms with Gasteiger partial charge in [-0.15, -0.1) is 0 Å². The smallest absolute Gasteiger partial charge is 0.325 e. The second-order valence-electron chi connectivity index (χ2n) is 6.82. The lowest BCUT2D eigenvalue weighted by Crippen LogP contribution is -2.46. The molecule has 0 saturated carbocycles. The second kappa shape index (κ2) is 8.48. The zero-order valence-electron chi connectivity index (χ0n) is 14.8. The van der Waals surface area contributed by atoms with Crippen molar-refractivity contribution in [3.8, 4) is 0 Å². The lowest BCUT2D eigenvalue weighted by atomic mass is 10.1. The van der Waals surface area contributed by atoms with Crippen LogP contribution in [0.1, 0.15) is 46.1 Å². The van der Waals surface area contributed by atoms with Gasteiger partial charge in [-0.2, -0.15) is 0 Å². The predicted octanol–water partition coefficient (Wildman–Crippen LogP) is 2.24. The highest BCUT2D eigenvalue weighted by Gasteiger charge is 2.29. The maximum absolute atomic E-state index is 12.4. The molecule has 24 heavy (non-hydrogen) atoms. The molecule has 0 bridgehead atoms. The molecule has 0 aliphatic carbocycles. The number of benzene rings is 1. The third-order valence-corrected chi connectivity index (χ3v) is 4.67. The summed E-state index contributed by atoms with van der Waals surface area (Å²) in [5.41, 5.74) is 6.38. The van der Waals surface area contributed by atoms with Crippen LogP contribution in [0.3, 0.4) is 0 Å². The maximum atomic E-state index is 12.4. The van der Waals surface area contributed by atoms with E-state index in [1.165, 1.54) is 0 Å². The van der Waals surface area contributed by atoms with Crippen LogP contribution in [0.15, 0.2) is 24.3 Å². The fourth-order valence-corrected chi connectivity index (χ4v) is 3.45. The second-order valence-corrected chi connectivity index (χ2v) is 8.70. The van der Waals surface area contributed by atoms with Crippen LogP contribution in [0.2, 0.25) is 0 Å². The molecule has 0 radical (unpaired) electrons. The highest BCUT2D eigenvalue weighted by molar-refractivity contribution is 7.89. The van der Waals surface area contributed by atoms with Gasteiger partial charge in [0, 0.05) is 5.69 Å². The molecule has 1 aromatic carbocycles. The number of unbranched alkanes of at least 4 members (excludes halogenated alkanes) is 1. The quantitative estimate of drug-likeness (QED) is 0.550.